The molecule has 0 fully saturated rings. The predicted octanol–water partition coefficient (Wildman–Crippen LogP) is 3.08. The molecule has 0 atom stereocenters. The minimum Gasteiger partial charge on any atom is -0.497 e. The van der Waals surface area contributed by atoms with Crippen LogP contribution in [0.25, 0.3) is 16.9 Å². The molecule has 0 radical (unpaired) electrons. The highest BCUT2D eigenvalue weighted by Crippen LogP contribution is 2.26. The van der Waals surface area contributed by atoms with Gasteiger partial charge in [-0.25, -0.2) is 4.98 Å². The van der Waals surface area contributed by atoms with Crippen LogP contribution < -0.4 is 4.74 Å². The predicted molar refractivity (Wildman–Crippen MR) is 76.5 cm³/mol. The van der Waals surface area contributed by atoms with Gasteiger partial charge in [0.2, 0.25) is 0 Å². The fourth-order valence-corrected chi connectivity index (χ4v) is 2.27. The van der Waals surface area contributed by atoms with Gasteiger partial charge in [0.15, 0.2) is 0 Å². The average Bonchev–Trinajstić information content (AvgIpc) is 2.86. The smallest absolute Gasteiger partial charge is 0.141 e. The maximum absolute atomic E-state index is 9.05. The van der Waals surface area contributed by atoms with Crippen LogP contribution in [-0.2, 0) is 6.42 Å². The molecule has 0 aliphatic heterocycles. The van der Waals surface area contributed by atoms with Gasteiger partial charge in [-0.3, -0.25) is 0 Å². The van der Waals surface area contributed by atoms with Crippen LogP contribution >= 0.6 is 0 Å². The van der Waals surface area contributed by atoms with Gasteiger partial charge >= 0.3 is 0 Å². The van der Waals surface area contributed by atoms with E-state index in [0.29, 0.717) is 6.42 Å². The second-order valence-electron chi connectivity index (χ2n) is 4.40. The van der Waals surface area contributed by atoms with Crippen molar-refractivity contribution in [2.45, 2.75) is 6.42 Å². The summed E-state index contributed by atoms with van der Waals surface area (Å²) in [6, 6.07) is 15.8. The molecule has 20 heavy (non-hydrogen) atoms. The lowest BCUT2D eigenvalue weighted by atomic mass is 10.1. The van der Waals surface area contributed by atoms with E-state index < -0.39 is 0 Å². The van der Waals surface area contributed by atoms with Crippen molar-refractivity contribution in [2.75, 3.05) is 7.11 Å². The summed E-state index contributed by atoms with van der Waals surface area (Å²) in [6.45, 7) is 0. The van der Waals surface area contributed by atoms with Crippen molar-refractivity contribution in [3.8, 4) is 23.1 Å². The number of hydrogen-bond donors (Lipinski definition) is 0. The Hall–Kier alpha value is -2.80. The number of ether oxygens (including phenoxy) is 1. The highest BCUT2D eigenvalue weighted by Gasteiger charge is 2.13. The summed E-state index contributed by atoms with van der Waals surface area (Å²) >= 11 is 0. The zero-order chi connectivity index (χ0) is 13.9. The Morgan fingerprint density at radius 3 is 2.75 bits per heavy atom. The first-order valence-corrected chi connectivity index (χ1v) is 6.31. The van der Waals surface area contributed by atoms with Crippen LogP contribution in [0.15, 0.2) is 48.7 Å². The number of methoxy groups -OCH3 is 1. The first kappa shape index (κ1) is 12.2. The van der Waals surface area contributed by atoms with E-state index in [1.165, 1.54) is 0 Å². The Morgan fingerprint density at radius 2 is 2.05 bits per heavy atom. The molecule has 2 aromatic heterocycles. The van der Waals surface area contributed by atoms with E-state index in [4.69, 9.17) is 10.00 Å². The van der Waals surface area contributed by atoms with Crippen molar-refractivity contribution in [3.05, 3.63) is 54.4 Å². The minimum atomic E-state index is 0.317. The lowest BCUT2D eigenvalue weighted by molar-refractivity contribution is 0.414. The second-order valence-corrected chi connectivity index (χ2v) is 4.40. The highest BCUT2D eigenvalue weighted by atomic mass is 16.5. The Morgan fingerprint density at radius 1 is 1.25 bits per heavy atom. The topological polar surface area (TPSA) is 50.3 Å². The SMILES string of the molecule is COc1ccn2c(CC#N)c(-c3ccccc3)nc2c1. The van der Waals surface area contributed by atoms with Crippen LogP contribution in [0.3, 0.4) is 0 Å². The van der Waals surface area contributed by atoms with Gasteiger partial charge in [0.1, 0.15) is 11.4 Å². The maximum Gasteiger partial charge on any atom is 0.141 e. The third kappa shape index (κ3) is 1.99. The van der Waals surface area contributed by atoms with Crippen LogP contribution in [0.2, 0.25) is 0 Å². The molecule has 0 amide bonds. The van der Waals surface area contributed by atoms with E-state index in [1.54, 1.807) is 7.11 Å². The molecule has 0 saturated heterocycles. The summed E-state index contributed by atoms with van der Waals surface area (Å²) in [5.41, 5.74) is 3.55. The Bertz CT molecular complexity index is 785. The molecule has 0 spiro atoms. The molecule has 1 aromatic carbocycles. The molecule has 4 nitrogen and oxygen atoms in total. The third-order valence-electron chi connectivity index (χ3n) is 3.23. The molecule has 0 aliphatic rings. The minimum absolute atomic E-state index is 0.317. The summed E-state index contributed by atoms with van der Waals surface area (Å²) in [6.07, 6.45) is 2.21. The average molecular weight is 263 g/mol. The molecule has 2 heterocycles. The van der Waals surface area contributed by atoms with E-state index in [2.05, 4.69) is 11.1 Å². The van der Waals surface area contributed by atoms with Gasteiger partial charge in [0.25, 0.3) is 0 Å². The molecule has 0 unspecified atom stereocenters. The fraction of sp³-hybridized carbons (Fsp3) is 0.125. The number of hydrogen-bond acceptors (Lipinski definition) is 3. The standard InChI is InChI=1S/C16H13N3O/c1-20-13-8-10-19-14(7-9-17)16(18-15(19)11-13)12-5-3-2-4-6-12/h2-6,8,10-11H,7H2,1H3. The van der Waals surface area contributed by atoms with Crippen molar-refractivity contribution in [2.24, 2.45) is 0 Å². The molecule has 3 aromatic rings. The zero-order valence-corrected chi connectivity index (χ0v) is 11.1. The van der Waals surface area contributed by atoms with Crippen molar-refractivity contribution >= 4 is 5.65 Å². The number of fused-ring (bicyclic) bond motifs is 1. The highest BCUT2D eigenvalue weighted by molar-refractivity contribution is 5.67. The van der Waals surface area contributed by atoms with Crippen LogP contribution in [0.5, 0.6) is 5.75 Å². The number of pyridine rings is 1. The van der Waals surface area contributed by atoms with Crippen LogP contribution in [0.4, 0.5) is 0 Å². The zero-order valence-electron chi connectivity index (χ0n) is 11.1. The number of nitriles is 1. The van der Waals surface area contributed by atoms with E-state index in [9.17, 15) is 0 Å². The number of nitrogens with zero attached hydrogens (tertiary/aromatic N) is 3. The Labute approximate surface area is 116 Å². The number of benzene rings is 1. The van der Waals surface area contributed by atoms with Gasteiger partial charge in [-0.2, -0.15) is 5.26 Å². The van der Waals surface area contributed by atoms with E-state index >= 15 is 0 Å². The molecule has 0 aliphatic carbocycles. The van der Waals surface area contributed by atoms with Gasteiger partial charge in [-0.15, -0.1) is 0 Å². The fourth-order valence-electron chi connectivity index (χ4n) is 2.27. The summed E-state index contributed by atoms with van der Waals surface area (Å²) in [7, 11) is 1.63. The quantitative estimate of drug-likeness (QED) is 0.729. The third-order valence-corrected chi connectivity index (χ3v) is 3.23. The molecule has 0 N–H and O–H groups in total. The molecule has 0 saturated carbocycles. The van der Waals surface area contributed by atoms with Gasteiger partial charge in [-0.1, -0.05) is 30.3 Å². The van der Waals surface area contributed by atoms with Gasteiger partial charge in [-0.05, 0) is 6.07 Å². The molecule has 3 rings (SSSR count). The van der Waals surface area contributed by atoms with E-state index in [1.807, 2.05) is 53.1 Å². The van der Waals surface area contributed by atoms with Gasteiger partial charge < -0.3 is 9.14 Å². The number of rotatable bonds is 3. The summed E-state index contributed by atoms with van der Waals surface area (Å²) in [5.74, 6) is 0.755. The van der Waals surface area contributed by atoms with Crippen molar-refractivity contribution < 1.29 is 4.74 Å². The molecule has 98 valence electrons. The Balaban J connectivity index is 2.26. The molecule has 0 bridgehead atoms. The van der Waals surface area contributed by atoms with Crippen molar-refractivity contribution in [1.29, 1.82) is 5.26 Å². The van der Waals surface area contributed by atoms with Crippen LogP contribution in [0, 0.1) is 11.3 Å². The molecule has 4 heteroatoms. The van der Waals surface area contributed by atoms with E-state index in [-0.39, 0.29) is 0 Å². The van der Waals surface area contributed by atoms with Crippen LogP contribution in [0.1, 0.15) is 5.69 Å². The number of imidazole rings is 1. The van der Waals surface area contributed by atoms with Crippen LogP contribution in [-0.4, -0.2) is 16.5 Å². The second kappa shape index (κ2) is 5.06. The maximum atomic E-state index is 9.05. The summed E-state index contributed by atoms with van der Waals surface area (Å²) in [5, 5.41) is 9.05. The van der Waals surface area contributed by atoms with Gasteiger partial charge in [0.05, 0.1) is 31.0 Å². The normalized spacial score (nSPS) is 10.4. The largest absolute Gasteiger partial charge is 0.497 e. The summed E-state index contributed by atoms with van der Waals surface area (Å²) < 4.78 is 7.16. The van der Waals surface area contributed by atoms with Gasteiger partial charge in [0, 0.05) is 17.8 Å². The first-order chi connectivity index (χ1) is 9.83. The first-order valence-electron chi connectivity index (χ1n) is 6.31. The lowest BCUT2D eigenvalue weighted by Gasteiger charge is -2.02. The Kier molecular flexibility index (Phi) is 3.10. The monoisotopic (exact) mass is 263 g/mol. The molecular weight excluding hydrogens is 250 g/mol. The number of aromatic nitrogens is 2. The van der Waals surface area contributed by atoms with E-state index in [0.717, 1.165) is 28.3 Å². The lowest BCUT2D eigenvalue weighted by Crippen LogP contribution is -1.94. The molecular formula is C16H13N3O. The summed E-state index contributed by atoms with van der Waals surface area (Å²) in [4.78, 5) is 4.64. The van der Waals surface area contributed by atoms with Crippen molar-refractivity contribution in [1.82, 2.24) is 9.38 Å². The van der Waals surface area contributed by atoms with Crippen molar-refractivity contribution in [3.63, 3.8) is 0 Å².